The van der Waals surface area contributed by atoms with Crippen LogP contribution in [0.1, 0.15) is 27.7 Å². The summed E-state index contributed by atoms with van der Waals surface area (Å²) in [6.07, 6.45) is 0. The second-order valence-electron chi connectivity index (χ2n) is 7.83. The molecule has 0 radical (unpaired) electrons. The Bertz CT molecular complexity index is 1520. The summed E-state index contributed by atoms with van der Waals surface area (Å²) in [7, 11) is 4.52. The molecule has 0 N–H and O–H groups in total. The molecule has 0 aliphatic carbocycles. The molecule has 35 heavy (non-hydrogen) atoms. The van der Waals surface area contributed by atoms with Crippen molar-refractivity contribution in [2.24, 2.45) is 0 Å². The number of carbonyl (C=O) groups excluding carboxylic acids is 1. The molecular weight excluding hydrogens is 538 g/mol. The highest BCUT2D eigenvalue weighted by molar-refractivity contribution is 9.10. The van der Waals surface area contributed by atoms with Gasteiger partial charge in [0.15, 0.2) is 16.9 Å². The van der Waals surface area contributed by atoms with Crippen molar-refractivity contribution in [3.05, 3.63) is 91.2 Å². The monoisotopic (exact) mass is 555 g/mol. The zero-order valence-electron chi connectivity index (χ0n) is 18.9. The van der Waals surface area contributed by atoms with E-state index in [0.29, 0.717) is 33.5 Å². The topological polar surface area (TPSA) is 78.2 Å². The van der Waals surface area contributed by atoms with Crippen molar-refractivity contribution >= 4 is 50.1 Å². The molecule has 0 spiro atoms. The van der Waals surface area contributed by atoms with Crippen LogP contribution in [0.15, 0.2) is 68.3 Å². The Kier molecular flexibility index (Phi) is 5.94. The van der Waals surface area contributed by atoms with Gasteiger partial charge in [-0.05, 0) is 54.1 Å². The lowest BCUT2D eigenvalue weighted by atomic mass is 9.97. The van der Waals surface area contributed by atoms with E-state index in [9.17, 15) is 9.59 Å². The summed E-state index contributed by atoms with van der Waals surface area (Å²) >= 11 is 9.64. The van der Waals surface area contributed by atoms with Crippen LogP contribution in [-0.4, -0.2) is 27.2 Å². The van der Waals surface area contributed by atoms with Crippen molar-refractivity contribution in [2.75, 3.05) is 26.2 Å². The predicted octanol–water partition coefficient (Wildman–Crippen LogP) is 5.98. The molecule has 3 aromatic carbocycles. The van der Waals surface area contributed by atoms with E-state index >= 15 is 0 Å². The average Bonchev–Trinajstić information content (AvgIpc) is 3.16. The number of carbonyl (C=O) groups is 1. The number of amides is 1. The summed E-state index contributed by atoms with van der Waals surface area (Å²) in [5.74, 6) is 0.722. The van der Waals surface area contributed by atoms with E-state index in [1.807, 2.05) is 12.1 Å². The van der Waals surface area contributed by atoms with Crippen LogP contribution in [-0.2, 0) is 0 Å². The number of halogens is 2. The molecule has 0 saturated heterocycles. The number of rotatable bonds is 5. The molecule has 0 saturated carbocycles. The van der Waals surface area contributed by atoms with Crippen LogP contribution in [0.3, 0.4) is 0 Å². The smallest absolute Gasteiger partial charge is 0.295 e. The summed E-state index contributed by atoms with van der Waals surface area (Å²) < 4.78 is 23.3. The minimum absolute atomic E-state index is 0.0245. The molecule has 4 aromatic rings. The molecule has 1 atom stereocenters. The number of hydrogen-bond acceptors (Lipinski definition) is 6. The average molecular weight is 557 g/mol. The highest BCUT2D eigenvalue weighted by Gasteiger charge is 2.44. The van der Waals surface area contributed by atoms with Crippen molar-refractivity contribution in [2.45, 2.75) is 6.04 Å². The van der Waals surface area contributed by atoms with E-state index < -0.39 is 11.9 Å². The Morgan fingerprint density at radius 2 is 1.66 bits per heavy atom. The predicted molar refractivity (Wildman–Crippen MR) is 136 cm³/mol. The molecule has 1 unspecified atom stereocenters. The van der Waals surface area contributed by atoms with Crippen LogP contribution in [0.4, 0.5) is 5.69 Å². The standard InChI is InChI=1S/C26H19BrClNO6/c1-32-19-9-13(10-20(33-2)24(19)34-3)22-21-23(30)17-12-15(28)7-8-18(17)35-25(21)26(31)29(22)16-6-4-5-14(27)11-16/h4-12,22H,1-3H3. The Hall–Kier alpha value is -3.49. The lowest BCUT2D eigenvalue weighted by Gasteiger charge is -2.26. The van der Waals surface area contributed by atoms with Gasteiger partial charge in [0.25, 0.3) is 5.91 Å². The number of methoxy groups -OCH3 is 3. The first-order valence-electron chi connectivity index (χ1n) is 10.5. The molecule has 1 aromatic heterocycles. The SMILES string of the molecule is COc1cc(C2c3c(oc4ccc(Cl)cc4c3=O)C(=O)N2c2cccc(Br)c2)cc(OC)c1OC. The van der Waals surface area contributed by atoms with Gasteiger partial charge in [0, 0.05) is 15.2 Å². The van der Waals surface area contributed by atoms with E-state index in [0.717, 1.165) is 4.47 Å². The van der Waals surface area contributed by atoms with Crippen LogP contribution >= 0.6 is 27.5 Å². The number of anilines is 1. The molecule has 7 nitrogen and oxygen atoms in total. The van der Waals surface area contributed by atoms with Crippen LogP contribution in [0.25, 0.3) is 11.0 Å². The van der Waals surface area contributed by atoms with E-state index in [4.69, 9.17) is 30.2 Å². The molecule has 2 heterocycles. The lowest BCUT2D eigenvalue weighted by Crippen LogP contribution is -2.29. The third kappa shape index (κ3) is 3.73. The summed E-state index contributed by atoms with van der Waals surface area (Å²) in [5, 5.41) is 0.680. The van der Waals surface area contributed by atoms with Crippen molar-refractivity contribution in [3.63, 3.8) is 0 Å². The summed E-state index contributed by atoms with van der Waals surface area (Å²) in [5.41, 5.74) is 1.31. The molecule has 1 amide bonds. The van der Waals surface area contributed by atoms with E-state index in [1.54, 1.807) is 42.5 Å². The number of hydrogen-bond donors (Lipinski definition) is 0. The highest BCUT2D eigenvalue weighted by atomic mass is 79.9. The molecule has 0 fully saturated rings. The molecule has 0 bridgehead atoms. The summed E-state index contributed by atoms with van der Waals surface area (Å²) in [4.78, 5) is 29.1. The van der Waals surface area contributed by atoms with Gasteiger partial charge in [-0.1, -0.05) is 33.6 Å². The molecule has 9 heteroatoms. The van der Waals surface area contributed by atoms with Crippen molar-refractivity contribution in [1.82, 2.24) is 0 Å². The number of nitrogens with zero attached hydrogens (tertiary/aromatic N) is 1. The fourth-order valence-electron chi connectivity index (χ4n) is 4.41. The maximum absolute atomic E-state index is 13.8. The summed E-state index contributed by atoms with van der Waals surface area (Å²) in [6.45, 7) is 0. The largest absolute Gasteiger partial charge is 0.493 e. The van der Waals surface area contributed by atoms with Gasteiger partial charge >= 0.3 is 0 Å². The number of fused-ring (bicyclic) bond motifs is 2. The first kappa shape index (κ1) is 23.3. The maximum atomic E-state index is 13.8. The Morgan fingerprint density at radius 3 is 2.29 bits per heavy atom. The first-order chi connectivity index (χ1) is 16.9. The fourth-order valence-corrected chi connectivity index (χ4v) is 4.97. The lowest BCUT2D eigenvalue weighted by molar-refractivity contribution is 0.0971. The molecule has 1 aliphatic rings. The van der Waals surface area contributed by atoms with Gasteiger partial charge in [0.1, 0.15) is 5.58 Å². The van der Waals surface area contributed by atoms with Crippen molar-refractivity contribution < 1.29 is 23.4 Å². The van der Waals surface area contributed by atoms with E-state index in [2.05, 4.69) is 15.9 Å². The van der Waals surface area contributed by atoms with Gasteiger partial charge in [0.2, 0.25) is 11.5 Å². The fraction of sp³-hybridized carbons (Fsp3) is 0.154. The molecule has 1 aliphatic heterocycles. The normalized spacial score (nSPS) is 14.8. The van der Waals surface area contributed by atoms with Gasteiger partial charge in [0.05, 0.1) is 38.3 Å². The van der Waals surface area contributed by atoms with Gasteiger partial charge in [-0.2, -0.15) is 0 Å². The Morgan fingerprint density at radius 1 is 0.943 bits per heavy atom. The quantitative estimate of drug-likeness (QED) is 0.301. The van der Waals surface area contributed by atoms with E-state index in [-0.39, 0.29) is 27.7 Å². The third-order valence-corrected chi connectivity index (χ3v) is 6.65. The van der Waals surface area contributed by atoms with Crippen LogP contribution in [0.5, 0.6) is 17.2 Å². The second-order valence-corrected chi connectivity index (χ2v) is 9.18. The second kappa shape index (κ2) is 8.94. The minimum atomic E-state index is -0.819. The van der Waals surface area contributed by atoms with Gasteiger partial charge in [-0.3, -0.25) is 14.5 Å². The molecule has 178 valence electrons. The molecule has 5 rings (SSSR count). The highest BCUT2D eigenvalue weighted by Crippen LogP contribution is 2.46. The van der Waals surface area contributed by atoms with Crippen LogP contribution < -0.4 is 24.5 Å². The minimum Gasteiger partial charge on any atom is -0.493 e. The summed E-state index contributed by atoms with van der Waals surface area (Å²) in [6, 6.07) is 14.6. The Labute approximate surface area is 213 Å². The Balaban J connectivity index is 1.85. The zero-order valence-corrected chi connectivity index (χ0v) is 21.3. The van der Waals surface area contributed by atoms with Crippen molar-refractivity contribution in [1.29, 1.82) is 0 Å². The van der Waals surface area contributed by atoms with E-state index in [1.165, 1.54) is 26.2 Å². The third-order valence-electron chi connectivity index (χ3n) is 5.92. The van der Waals surface area contributed by atoms with Gasteiger partial charge in [-0.15, -0.1) is 0 Å². The first-order valence-corrected chi connectivity index (χ1v) is 11.7. The van der Waals surface area contributed by atoms with Crippen LogP contribution in [0, 0.1) is 0 Å². The number of ether oxygens (including phenoxy) is 3. The van der Waals surface area contributed by atoms with Gasteiger partial charge in [-0.25, -0.2) is 0 Å². The van der Waals surface area contributed by atoms with Crippen LogP contribution in [0.2, 0.25) is 5.02 Å². The van der Waals surface area contributed by atoms with Gasteiger partial charge < -0.3 is 18.6 Å². The van der Waals surface area contributed by atoms with Crippen molar-refractivity contribution in [3.8, 4) is 17.2 Å². The maximum Gasteiger partial charge on any atom is 0.295 e. The zero-order chi connectivity index (χ0) is 24.9. The molecular formula is C26H19BrClNO6. The number of benzene rings is 3.